The number of hydrogen-bond acceptors (Lipinski definition) is 6. The quantitative estimate of drug-likeness (QED) is 0.438. The molecule has 35 heavy (non-hydrogen) atoms. The van der Waals surface area contributed by atoms with E-state index in [0.717, 1.165) is 22.2 Å². The highest BCUT2D eigenvalue weighted by Gasteiger charge is 2.36. The normalized spacial score (nSPS) is 18.4. The first kappa shape index (κ1) is 23.7. The van der Waals surface area contributed by atoms with Gasteiger partial charge in [0.15, 0.2) is 0 Å². The fourth-order valence-corrected chi connectivity index (χ4v) is 7.14. The second kappa shape index (κ2) is 9.57. The minimum Gasteiger partial charge on any atom is -0.338 e. The number of benzene rings is 2. The molecule has 2 aliphatic heterocycles. The Morgan fingerprint density at radius 3 is 2.46 bits per heavy atom. The van der Waals surface area contributed by atoms with E-state index in [4.69, 9.17) is 0 Å². The number of thiophene rings is 1. The third-order valence-corrected chi connectivity index (χ3v) is 9.28. The van der Waals surface area contributed by atoms with Crippen LogP contribution in [-0.2, 0) is 10.0 Å². The summed E-state index contributed by atoms with van der Waals surface area (Å²) in [7, 11) is -3.67. The van der Waals surface area contributed by atoms with Gasteiger partial charge in [-0.1, -0.05) is 36.4 Å². The Bertz CT molecular complexity index is 1380. The van der Waals surface area contributed by atoms with E-state index in [9.17, 15) is 18.0 Å². The smallest absolute Gasteiger partial charge is 0.319 e. The van der Waals surface area contributed by atoms with Gasteiger partial charge in [-0.05, 0) is 24.6 Å². The molecule has 0 radical (unpaired) electrons. The molecule has 0 spiro atoms. The number of piperazine rings is 1. The van der Waals surface area contributed by atoms with Crippen LogP contribution in [0.15, 0.2) is 53.4 Å². The minimum absolute atomic E-state index is 0.0755. The lowest BCUT2D eigenvalue weighted by molar-refractivity contribution is 0.0701. The highest BCUT2D eigenvalue weighted by molar-refractivity contribution is 7.89. The van der Waals surface area contributed by atoms with E-state index in [1.54, 1.807) is 17.0 Å². The first-order valence-electron chi connectivity index (χ1n) is 11.6. The van der Waals surface area contributed by atoms with Gasteiger partial charge >= 0.3 is 6.03 Å². The van der Waals surface area contributed by atoms with Crippen molar-refractivity contribution in [2.75, 3.05) is 44.6 Å². The zero-order chi connectivity index (χ0) is 24.6. The van der Waals surface area contributed by atoms with Crippen molar-refractivity contribution in [3.63, 3.8) is 0 Å². The van der Waals surface area contributed by atoms with Crippen LogP contribution < -0.4 is 16.0 Å². The molecular formula is C24H27N5O4S2. The second-order valence-electron chi connectivity index (χ2n) is 8.48. The van der Waals surface area contributed by atoms with Crippen molar-refractivity contribution in [3.8, 4) is 0 Å². The van der Waals surface area contributed by atoms with Crippen LogP contribution in [0.4, 0.5) is 9.80 Å². The molecule has 3 amide bonds. The third-order valence-electron chi connectivity index (χ3n) is 6.22. The summed E-state index contributed by atoms with van der Waals surface area (Å²) in [5, 5.41) is 9.94. The number of amides is 3. The number of anilines is 1. The molecule has 11 heteroatoms. The van der Waals surface area contributed by atoms with Gasteiger partial charge in [-0.15, -0.1) is 11.3 Å². The van der Waals surface area contributed by atoms with Gasteiger partial charge in [0.2, 0.25) is 10.0 Å². The Kier molecular flexibility index (Phi) is 6.49. The summed E-state index contributed by atoms with van der Waals surface area (Å²) >= 11 is 1.35. The van der Waals surface area contributed by atoms with Gasteiger partial charge in [0.05, 0.1) is 10.5 Å². The molecule has 1 atom stereocenters. The minimum atomic E-state index is -3.67. The Morgan fingerprint density at radius 1 is 1.06 bits per heavy atom. The Morgan fingerprint density at radius 2 is 1.74 bits per heavy atom. The van der Waals surface area contributed by atoms with E-state index >= 15 is 0 Å². The molecule has 2 aromatic carbocycles. The molecule has 2 aliphatic rings. The largest absolute Gasteiger partial charge is 0.338 e. The fourth-order valence-electron chi connectivity index (χ4n) is 4.36. The van der Waals surface area contributed by atoms with E-state index in [2.05, 4.69) is 16.0 Å². The number of hydrogen-bond donors (Lipinski definition) is 3. The molecule has 9 nitrogen and oxygen atoms in total. The first-order valence-corrected chi connectivity index (χ1v) is 13.8. The van der Waals surface area contributed by atoms with Gasteiger partial charge in [-0.25, -0.2) is 13.2 Å². The summed E-state index contributed by atoms with van der Waals surface area (Å²) < 4.78 is 29.2. The van der Waals surface area contributed by atoms with E-state index in [-0.39, 0.29) is 44.2 Å². The lowest BCUT2D eigenvalue weighted by Gasteiger charge is -2.34. The number of carbonyl (C=O) groups is 2. The summed E-state index contributed by atoms with van der Waals surface area (Å²) in [5.41, 5.74) is 1.23. The zero-order valence-corrected chi connectivity index (χ0v) is 20.9. The van der Waals surface area contributed by atoms with Crippen LogP contribution in [0.5, 0.6) is 0 Å². The molecule has 5 rings (SSSR count). The lowest BCUT2D eigenvalue weighted by Crippen LogP contribution is -2.50. The van der Waals surface area contributed by atoms with Crippen LogP contribution in [0, 0.1) is 0 Å². The molecule has 1 aromatic heterocycles. The SMILES string of the molecule is CCNC(=O)Nc1sc2ccccc2c1C(=O)N1CCN(S(=O)(=O)c2ccccc2C2CN2)CC1. The van der Waals surface area contributed by atoms with Gasteiger partial charge in [0, 0.05) is 55.4 Å². The third kappa shape index (κ3) is 4.64. The summed E-state index contributed by atoms with van der Waals surface area (Å²) in [5.74, 6) is -0.214. The zero-order valence-electron chi connectivity index (χ0n) is 19.3. The van der Waals surface area contributed by atoms with Crippen LogP contribution in [-0.4, -0.2) is 68.8 Å². The van der Waals surface area contributed by atoms with Gasteiger partial charge in [0.1, 0.15) is 5.00 Å². The molecule has 1 unspecified atom stereocenters. The molecule has 2 fully saturated rings. The van der Waals surface area contributed by atoms with Crippen molar-refractivity contribution in [3.05, 3.63) is 59.7 Å². The lowest BCUT2D eigenvalue weighted by atomic mass is 10.1. The number of urea groups is 1. The highest BCUT2D eigenvalue weighted by Crippen LogP contribution is 2.37. The van der Waals surface area contributed by atoms with E-state index < -0.39 is 10.0 Å². The predicted molar refractivity (Wildman–Crippen MR) is 136 cm³/mol. The fraction of sp³-hybridized carbons (Fsp3) is 0.333. The Hall–Kier alpha value is -2.99. The molecule has 0 saturated carbocycles. The number of nitrogens with one attached hydrogen (secondary N) is 3. The predicted octanol–water partition coefficient (Wildman–Crippen LogP) is 2.83. The molecular weight excluding hydrogens is 486 g/mol. The number of fused-ring (bicyclic) bond motifs is 1. The maximum absolute atomic E-state index is 13.6. The van der Waals surface area contributed by atoms with E-state index in [1.807, 2.05) is 43.3 Å². The second-order valence-corrected chi connectivity index (χ2v) is 11.4. The van der Waals surface area contributed by atoms with Crippen LogP contribution in [0.2, 0.25) is 0 Å². The summed E-state index contributed by atoms with van der Waals surface area (Å²) in [6, 6.07) is 14.3. The van der Waals surface area contributed by atoms with Crippen molar-refractivity contribution >= 4 is 48.4 Å². The topological polar surface area (TPSA) is 121 Å². The van der Waals surface area contributed by atoms with E-state index in [1.165, 1.54) is 15.6 Å². The summed E-state index contributed by atoms with van der Waals surface area (Å²) in [6.45, 7) is 4.03. The molecule has 3 N–H and O–H groups in total. The average molecular weight is 514 g/mol. The molecule has 3 heterocycles. The van der Waals surface area contributed by atoms with Crippen molar-refractivity contribution < 1.29 is 18.0 Å². The van der Waals surface area contributed by atoms with Gasteiger partial charge in [-0.2, -0.15) is 4.31 Å². The van der Waals surface area contributed by atoms with Crippen molar-refractivity contribution in [2.24, 2.45) is 0 Å². The molecule has 0 aliphatic carbocycles. The van der Waals surface area contributed by atoms with Crippen molar-refractivity contribution in [1.82, 2.24) is 19.8 Å². The highest BCUT2D eigenvalue weighted by atomic mass is 32.2. The first-order chi connectivity index (χ1) is 16.9. The van der Waals surface area contributed by atoms with Crippen molar-refractivity contribution in [2.45, 2.75) is 17.9 Å². The maximum Gasteiger partial charge on any atom is 0.319 e. The monoisotopic (exact) mass is 513 g/mol. The summed E-state index contributed by atoms with van der Waals surface area (Å²) in [6.07, 6.45) is 0. The van der Waals surface area contributed by atoms with Crippen LogP contribution in [0.25, 0.3) is 10.1 Å². The van der Waals surface area contributed by atoms with Gasteiger partial charge in [-0.3, -0.25) is 10.1 Å². The molecule has 3 aromatic rings. The maximum atomic E-state index is 13.6. The van der Waals surface area contributed by atoms with Crippen molar-refractivity contribution in [1.29, 1.82) is 0 Å². The number of rotatable bonds is 6. The number of carbonyl (C=O) groups excluding carboxylic acids is 2. The van der Waals surface area contributed by atoms with Gasteiger partial charge in [0.25, 0.3) is 5.91 Å². The average Bonchev–Trinajstić information content (AvgIpc) is 3.65. The molecule has 0 bridgehead atoms. The van der Waals surface area contributed by atoms with Crippen LogP contribution >= 0.6 is 11.3 Å². The molecule has 184 valence electrons. The molecule has 2 saturated heterocycles. The standard InChI is InChI=1S/C24H27N5O4S2/c1-2-25-24(31)27-22-21(17-8-3-5-9-19(17)34-22)23(30)28-11-13-29(14-12-28)35(32,33)20-10-6-4-7-16(20)18-15-26-18/h3-10,18,26H,2,11-15H2,1H3,(H2,25,27,31). The number of sulfonamides is 1. The Labute approximate surface area is 208 Å². The van der Waals surface area contributed by atoms with Crippen LogP contribution in [0.3, 0.4) is 0 Å². The number of nitrogens with zero attached hydrogens (tertiary/aromatic N) is 2. The van der Waals surface area contributed by atoms with Gasteiger partial charge < -0.3 is 15.5 Å². The summed E-state index contributed by atoms with van der Waals surface area (Å²) in [4.78, 5) is 27.8. The Balaban J connectivity index is 1.36. The van der Waals surface area contributed by atoms with Crippen LogP contribution in [0.1, 0.15) is 28.9 Å². The van der Waals surface area contributed by atoms with E-state index in [0.29, 0.717) is 22.0 Å².